The highest BCUT2D eigenvalue weighted by molar-refractivity contribution is 7.90. The molecule has 1 aliphatic heterocycles. The third kappa shape index (κ3) is 5.50. The van der Waals surface area contributed by atoms with Gasteiger partial charge in [0.1, 0.15) is 6.04 Å². The van der Waals surface area contributed by atoms with Gasteiger partial charge in [0.15, 0.2) is 0 Å². The lowest BCUT2D eigenvalue weighted by molar-refractivity contribution is -0.117. The number of rotatable bonds is 7. The first-order valence-electron chi connectivity index (χ1n) is 9.93. The number of nitrogens with one attached hydrogen (secondary N) is 2. The van der Waals surface area contributed by atoms with E-state index in [0.29, 0.717) is 17.3 Å². The molecule has 2 aromatic rings. The van der Waals surface area contributed by atoms with E-state index >= 15 is 0 Å². The Labute approximate surface area is 191 Å². The van der Waals surface area contributed by atoms with Crippen LogP contribution in [0.15, 0.2) is 47.4 Å². The first-order valence-corrected chi connectivity index (χ1v) is 11.8. The molecule has 0 unspecified atom stereocenters. The molecule has 0 saturated heterocycles. The van der Waals surface area contributed by atoms with E-state index in [1.807, 2.05) is 17.0 Å². The zero-order valence-electron chi connectivity index (χ0n) is 17.4. The van der Waals surface area contributed by atoms with Gasteiger partial charge in [-0.05, 0) is 67.3 Å². The maximum absolute atomic E-state index is 13.1. The van der Waals surface area contributed by atoms with E-state index < -0.39 is 22.2 Å². The second kappa shape index (κ2) is 10.2. The second-order valence-corrected chi connectivity index (χ2v) is 9.33. The Balaban J connectivity index is 1.77. The molecule has 32 heavy (non-hydrogen) atoms. The molecule has 2 aromatic carbocycles. The van der Waals surface area contributed by atoms with Gasteiger partial charge in [0.05, 0.1) is 12.0 Å². The Morgan fingerprint density at radius 1 is 1.22 bits per heavy atom. The Morgan fingerprint density at radius 2 is 1.94 bits per heavy atom. The highest BCUT2D eigenvalue weighted by Crippen LogP contribution is 2.32. The normalized spacial score (nSPS) is 14.3. The van der Waals surface area contributed by atoms with Crippen LogP contribution in [0.4, 0.5) is 16.2 Å². The summed E-state index contributed by atoms with van der Waals surface area (Å²) >= 11 is 6.11. The first kappa shape index (κ1) is 23.8. The minimum absolute atomic E-state index is 0.158. The standard InChI is InChI=1S/C21H24ClN3O6S/c1-31-21(28)24-32(29,30)17-7-5-16(6-8-17)23-20(27)19(10-12-26)25-11-2-3-14-13-15(22)4-9-18(14)25/h4-9,13,19,26H,2-3,10-12H2,1H3,(H,23,27)(H,24,28)/t19-/m1/s1. The molecule has 1 heterocycles. The van der Waals surface area contributed by atoms with Crippen molar-refractivity contribution in [3.63, 3.8) is 0 Å². The number of hydrogen-bond acceptors (Lipinski definition) is 7. The van der Waals surface area contributed by atoms with Gasteiger partial charge in [0, 0.05) is 29.5 Å². The van der Waals surface area contributed by atoms with Crippen molar-refractivity contribution >= 4 is 45.0 Å². The molecule has 9 nitrogen and oxygen atoms in total. The summed E-state index contributed by atoms with van der Waals surface area (Å²) in [4.78, 5) is 26.1. The number of aliphatic hydroxyl groups excluding tert-OH is 1. The Hall–Kier alpha value is -2.82. The predicted octanol–water partition coefficient (Wildman–Crippen LogP) is 2.53. The Kier molecular flexibility index (Phi) is 7.60. The number of benzene rings is 2. The summed E-state index contributed by atoms with van der Waals surface area (Å²) in [5, 5.41) is 13.0. The maximum atomic E-state index is 13.1. The van der Waals surface area contributed by atoms with Gasteiger partial charge in [-0.3, -0.25) is 4.79 Å². The quantitative estimate of drug-likeness (QED) is 0.554. The topological polar surface area (TPSA) is 125 Å². The average molecular weight is 482 g/mol. The highest BCUT2D eigenvalue weighted by Gasteiger charge is 2.29. The summed E-state index contributed by atoms with van der Waals surface area (Å²) < 4.78 is 30.3. The molecular formula is C21H24ClN3O6S. The molecule has 1 aliphatic rings. The summed E-state index contributed by atoms with van der Waals surface area (Å²) in [5.74, 6) is -0.329. The summed E-state index contributed by atoms with van der Waals surface area (Å²) in [7, 11) is -3.03. The van der Waals surface area contributed by atoms with Crippen LogP contribution < -0.4 is 14.9 Å². The zero-order chi connectivity index (χ0) is 23.3. The molecule has 0 saturated carbocycles. The molecule has 3 N–H and O–H groups in total. The molecule has 3 rings (SSSR count). The van der Waals surface area contributed by atoms with Gasteiger partial charge < -0.3 is 20.1 Å². The third-order valence-corrected chi connectivity index (χ3v) is 6.68. The van der Waals surface area contributed by atoms with Crippen LogP contribution in [0, 0.1) is 0 Å². The van der Waals surface area contributed by atoms with Crippen molar-refractivity contribution in [3.05, 3.63) is 53.1 Å². The SMILES string of the molecule is COC(=O)NS(=O)(=O)c1ccc(NC(=O)[C@@H](CCO)N2CCCc3cc(Cl)ccc32)cc1. The molecule has 0 radical (unpaired) electrons. The number of ether oxygens (including phenoxy) is 1. The van der Waals surface area contributed by atoms with E-state index in [4.69, 9.17) is 11.6 Å². The summed E-state index contributed by atoms with van der Waals surface area (Å²) in [6.07, 6.45) is 0.832. The van der Waals surface area contributed by atoms with E-state index in [9.17, 15) is 23.1 Å². The molecule has 1 atom stereocenters. The number of aryl methyl sites for hydroxylation is 1. The average Bonchev–Trinajstić information content (AvgIpc) is 2.76. The smallest absolute Gasteiger partial charge is 0.420 e. The van der Waals surface area contributed by atoms with Crippen LogP contribution in [-0.4, -0.2) is 51.8 Å². The van der Waals surface area contributed by atoms with E-state index in [1.54, 1.807) is 10.8 Å². The van der Waals surface area contributed by atoms with Gasteiger partial charge in [-0.1, -0.05) is 11.6 Å². The van der Waals surface area contributed by atoms with Crippen molar-refractivity contribution in [2.75, 3.05) is 30.5 Å². The van der Waals surface area contributed by atoms with Crippen molar-refractivity contribution in [1.29, 1.82) is 0 Å². The monoisotopic (exact) mass is 481 g/mol. The number of anilines is 2. The van der Waals surface area contributed by atoms with Crippen LogP contribution in [0.2, 0.25) is 5.02 Å². The highest BCUT2D eigenvalue weighted by atomic mass is 35.5. The lowest BCUT2D eigenvalue weighted by Gasteiger charge is -2.37. The molecule has 172 valence electrons. The van der Waals surface area contributed by atoms with Crippen molar-refractivity contribution < 1.29 is 27.9 Å². The van der Waals surface area contributed by atoms with Crippen LogP contribution in [0.25, 0.3) is 0 Å². The molecule has 0 aliphatic carbocycles. The van der Waals surface area contributed by atoms with E-state index in [2.05, 4.69) is 10.1 Å². The van der Waals surface area contributed by atoms with Crippen LogP contribution in [0.1, 0.15) is 18.4 Å². The number of carbonyl (C=O) groups excluding carboxylic acids is 2. The van der Waals surface area contributed by atoms with Gasteiger partial charge in [0.2, 0.25) is 5.91 Å². The van der Waals surface area contributed by atoms with Crippen molar-refractivity contribution in [2.24, 2.45) is 0 Å². The van der Waals surface area contributed by atoms with Gasteiger partial charge in [-0.25, -0.2) is 17.9 Å². The first-order chi connectivity index (χ1) is 15.2. The fourth-order valence-electron chi connectivity index (χ4n) is 3.62. The van der Waals surface area contributed by atoms with E-state index in [-0.39, 0.29) is 23.8 Å². The van der Waals surface area contributed by atoms with Crippen molar-refractivity contribution in [1.82, 2.24) is 4.72 Å². The minimum Gasteiger partial charge on any atom is -0.452 e. The fourth-order valence-corrected chi connectivity index (χ4v) is 4.73. The Bertz CT molecular complexity index is 1090. The lowest BCUT2D eigenvalue weighted by Crippen LogP contribution is -2.47. The number of hydrogen-bond donors (Lipinski definition) is 3. The zero-order valence-corrected chi connectivity index (χ0v) is 18.9. The molecule has 0 aromatic heterocycles. The summed E-state index contributed by atoms with van der Waals surface area (Å²) in [6, 6.07) is 10.3. The van der Waals surface area contributed by atoms with Crippen LogP contribution in [-0.2, 0) is 26.0 Å². The lowest BCUT2D eigenvalue weighted by atomic mass is 9.98. The molecular weight excluding hydrogens is 458 g/mol. The van der Waals surface area contributed by atoms with Gasteiger partial charge in [-0.2, -0.15) is 0 Å². The number of nitrogens with zero attached hydrogens (tertiary/aromatic N) is 1. The third-order valence-electron chi connectivity index (χ3n) is 5.11. The number of amides is 2. The van der Waals surface area contributed by atoms with E-state index in [0.717, 1.165) is 31.2 Å². The number of halogens is 1. The second-order valence-electron chi connectivity index (χ2n) is 7.21. The number of carbonyl (C=O) groups is 2. The number of sulfonamides is 1. The van der Waals surface area contributed by atoms with Crippen molar-refractivity contribution in [3.8, 4) is 0 Å². The number of aliphatic hydroxyl groups is 1. The van der Waals surface area contributed by atoms with Crippen molar-refractivity contribution in [2.45, 2.75) is 30.2 Å². The molecule has 11 heteroatoms. The molecule has 2 amide bonds. The number of methoxy groups -OCH3 is 1. The van der Waals surface area contributed by atoms with Crippen LogP contribution in [0.3, 0.4) is 0 Å². The minimum atomic E-state index is -4.09. The largest absolute Gasteiger partial charge is 0.452 e. The Morgan fingerprint density at radius 3 is 2.59 bits per heavy atom. The van der Waals surface area contributed by atoms with Gasteiger partial charge >= 0.3 is 6.09 Å². The fraction of sp³-hybridized carbons (Fsp3) is 0.333. The van der Waals surface area contributed by atoms with Gasteiger partial charge in [-0.15, -0.1) is 0 Å². The van der Waals surface area contributed by atoms with E-state index in [1.165, 1.54) is 24.3 Å². The maximum Gasteiger partial charge on any atom is 0.420 e. The van der Waals surface area contributed by atoms with Gasteiger partial charge in [0.25, 0.3) is 10.0 Å². The molecule has 0 fully saturated rings. The van der Waals surface area contributed by atoms with Crippen LogP contribution >= 0.6 is 11.6 Å². The molecule has 0 spiro atoms. The predicted molar refractivity (Wildman–Crippen MR) is 120 cm³/mol. The number of fused-ring (bicyclic) bond motifs is 1. The summed E-state index contributed by atoms with van der Waals surface area (Å²) in [5.41, 5.74) is 2.33. The summed E-state index contributed by atoms with van der Waals surface area (Å²) in [6.45, 7) is 0.483. The van der Waals surface area contributed by atoms with Crippen LogP contribution in [0.5, 0.6) is 0 Å². The molecule has 0 bridgehead atoms.